The summed E-state index contributed by atoms with van der Waals surface area (Å²) in [5.41, 5.74) is 1.84. The topological polar surface area (TPSA) is 49.1 Å². The maximum Gasteiger partial charge on any atom is 0.119 e. The van der Waals surface area contributed by atoms with Crippen LogP contribution in [0.3, 0.4) is 0 Å². The number of aromatic nitrogens is 1. The highest BCUT2D eigenvalue weighted by Gasteiger charge is 2.42. The van der Waals surface area contributed by atoms with Gasteiger partial charge in [0, 0.05) is 29.5 Å². The molecule has 5 heteroatoms. The maximum absolute atomic E-state index is 9.91. The van der Waals surface area contributed by atoms with Crippen molar-refractivity contribution in [3.63, 3.8) is 0 Å². The zero-order valence-corrected chi connectivity index (χ0v) is 16.9. The van der Waals surface area contributed by atoms with Crippen LogP contribution in [0.5, 0.6) is 5.75 Å². The summed E-state index contributed by atoms with van der Waals surface area (Å²) in [4.78, 5) is 6.62. The first kappa shape index (κ1) is 18.9. The molecule has 1 aliphatic carbocycles. The number of nitriles is 1. The van der Waals surface area contributed by atoms with Crippen LogP contribution in [0.1, 0.15) is 37.3 Å². The van der Waals surface area contributed by atoms with Crippen LogP contribution in [0, 0.1) is 11.3 Å². The van der Waals surface area contributed by atoms with Gasteiger partial charge in [0.05, 0.1) is 18.1 Å². The zero-order valence-electron chi connectivity index (χ0n) is 15.3. The Labute approximate surface area is 163 Å². The Morgan fingerprint density at radius 2 is 2.12 bits per heavy atom. The van der Waals surface area contributed by atoms with Crippen LogP contribution in [0.25, 0.3) is 0 Å². The summed E-state index contributed by atoms with van der Waals surface area (Å²) in [6.45, 7) is 3.54. The summed E-state index contributed by atoms with van der Waals surface area (Å²) in [5.74, 6) is 0.908. The van der Waals surface area contributed by atoms with Gasteiger partial charge in [-0.25, -0.2) is 0 Å². The molecule has 2 aromatic rings. The first-order valence-electron chi connectivity index (χ1n) is 9.00. The Balaban J connectivity index is 1.68. The molecule has 1 aromatic carbocycles. The van der Waals surface area contributed by atoms with E-state index in [4.69, 9.17) is 4.74 Å². The van der Waals surface area contributed by atoms with Crippen LogP contribution >= 0.6 is 15.9 Å². The molecule has 0 bridgehead atoms. The summed E-state index contributed by atoms with van der Waals surface area (Å²) in [5, 5.41) is 9.91. The third-order valence-corrected chi connectivity index (χ3v) is 5.68. The van der Waals surface area contributed by atoms with E-state index in [-0.39, 0.29) is 0 Å². The highest BCUT2D eigenvalue weighted by molar-refractivity contribution is 9.10. The minimum Gasteiger partial charge on any atom is -0.494 e. The van der Waals surface area contributed by atoms with Crippen molar-refractivity contribution in [1.82, 2.24) is 9.88 Å². The van der Waals surface area contributed by atoms with E-state index in [0.29, 0.717) is 12.6 Å². The van der Waals surface area contributed by atoms with Gasteiger partial charge in [-0.15, -0.1) is 0 Å². The number of hydrogen-bond acceptors (Lipinski definition) is 4. The summed E-state index contributed by atoms with van der Waals surface area (Å²) < 4.78 is 6.43. The fourth-order valence-corrected chi connectivity index (χ4v) is 4.14. The van der Waals surface area contributed by atoms with Crippen molar-refractivity contribution < 1.29 is 4.74 Å². The van der Waals surface area contributed by atoms with Crippen molar-refractivity contribution in [2.24, 2.45) is 0 Å². The molecule has 0 N–H and O–H groups in total. The Kier molecular flexibility index (Phi) is 5.95. The van der Waals surface area contributed by atoms with E-state index in [1.165, 1.54) is 5.56 Å². The van der Waals surface area contributed by atoms with E-state index in [1.807, 2.05) is 31.3 Å². The molecule has 1 aliphatic rings. The van der Waals surface area contributed by atoms with Gasteiger partial charge in [0.25, 0.3) is 0 Å². The van der Waals surface area contributed by atoms with E-state index in [2.05, 4.69) is 51.1 Å². The number of rotatable bonds is 6. The Bertz CT molecular complexity index is 787. The molecular weight excluding hydrogens is 390 g/mol. The zero-order chi connectivity index (χ0) is 18.6. The lowest BCUT2D eigenvalue weighted by molar-refractivity contribution is 0.232. The molecule has 0 amide bonds. The Morgan fingerprint density at radius 3 is 2.77 bits per heavy atom. The number of nitrogens with zero attached hydrogens (tertiary/aromatic N) is 3. The average Bonchev–Trinajstić information content (AvgIpc) is 3.10. The molecular formula is C21H24BrN3O. The van der Waals surface area contributed by atoms with Gasteiger partial charge in [0.1, 0.15) is 5.75 Å². The molecule has 3 rings (SSSR count). The monoisotopic (exact) mass is 413 g/mol. The largest absolute Gasteiger partial charge is 0.494 e. The van der Waals surface area contributed by atoms with Crippen LogP contribution in [-0.4, -0.2) is 29.6 Å². The van der Waals surface area contributed by atoms with Gasteiger partial charge in [-0.2, -0.15) is 5.26 Å². The predicted octanol–water partition coefficient (Wildman–Crippen LogP) is 4.69. The molecule has 2 atom stereocenters. The second kappa shape index (κ2) is 8.20. The highest BCUT2D eigenvalue weighted by atomic mass is 79.9. The number of pyridine rings is 1. The van der Waals surface area contributed by atoms with Crippen molar-refractivity contribution in [2.45, 2.75) is 44.2 Å². The summed E-state index contributed by atoms with van der Waals surface area (Å²) >= 11 is 3.48. The molecule has 0 radical (unpaired) electrons. The molecule has 1 saturated carbocycles. The van der Waals surface area contributed by atoms with Gasteiger partial charge in [0.2, 0.25) is 0 Å². The van der Waals surface area contributed by atoms with Crippen molar-refractivity contribution >= 4 is 15.9 Å². The Morgan fingerprint density at radius 1 is 1.35 bits per heavy atom. The molecule has 26 heavy (non-hydrogen) atoms. The van der Waals surface area contributed by atoms with E-state index in [0.717, 1.165) is 41.6 Å². The molecule has 4 nitrogen and oxygen atoms in total. The van der Waals surface area contributed by atoms with E-state index in [1.54, 1.807) is 6.20 Å². The van der Waals surface area contributed by atoms with Crippen LogP contribution in [0.2, 0.25) is 0 Å². The molecule has 1 fully saturated rings. The SMILES string of the molecule is CCOc1ccc(CN(C)C2CCC(C#N)(c3cncc(Br)c3)C2)cc1. The van der Waals surface area contributed by atoms with Crippen LogP contribution in [-0.2, 0) is 12.0 Å². The standard InChI is InChI=1S/C21H24BrN3O/c1-3-26-20-6-4-16(5-7-20)14-25(2)19-8-9-21(11-19,15-23)17-10-18(22)13-24-12-17/h4-7,10,12-13,19H,3,8-9,11,14H2,1-2H3. The first-order valence-corrected chi connectivity index (χ1v) is 9.80. The average molecular weight is 414 g/mol. The van der Waals surface area contributed by atoms with E-state index in [9.17, 15) is 5.26 Å². The normalized spacial score (nSPS) is 22.3. The van der Waals surface area contributed by atoms with Crippen molar-refractivity contribution in [3.05, 3.63) is 58.3 Å². The predicted molar refractivity (Wildman–Crippen MR) is 106 cm³/mol. The fraction of sp³-hybridized carbons (Fsp3) is 0.429. The van der Waals surface area contributed by atoms with Gasteiger partial charge in [-0.3, -0.25) is 9.88 Å². The third-order valence-electron chi connectivity index (χ3n) is 5.25. The van der Waals surface area contributed by atoms with Gasteiger partial charge in [0.15, 0.2) is 0 Å². The molecule has 0 aliphatic heterocycles. The molecule has 2 unspecified atom stereocenters. The smallest absolute Gasteiger partial charge is 0.119 e. The first-order chi connectivity index (χ1) is 12.6. The number of ether oxygens (including phenoxy) is 1. The third kappa shape index (κ3) is 4.08. The number of hydrogen-bond donors (Lipinski definition) is 0. The van der Waals surface area contributed by atoms with Gasteiger partial charge in [-0.05, 0) is 78.5 Å². The van der Waals surface area contributed by atoms with Crippen LogP contribution in [0.4, 0.5) is 0 Å². The second-order valence-electron chi connectivity index (χ2n) is 6.97. The van der Waals surface area contributed by atoms with Gasteiger partial charge in [-0.1, -0.05) is 12.1 Å². The number of benzene rings is 1. The lowest BCUT2D eigenvalue weighted by Crippen LogP contribution is -2.31. The molecule has 0 saturated heterocycles. The summed E-state index contributed by atoms with van der Waals surface area (Å²) in [7, 11) is 2.15. The van der Waals surface area contributed by atoms with Gasteiger partial charge < -0.3 is 4.74 Å². The molecule has 136 valence electrons. The van der Waals surface area contributed by atoms with Crippen molar-refractivity contribution in [3.8, 4) is 11.8 Å². The molecule has 1 heterocycles. The van der Waals surface area contributed by atoms with Gasteiger partial charge >= 0.3 is 0 Å². The van der Waals surface area contributed by atoms with Crippen molar-refractivity contribution in [2.75, 3.05) is 13.7 Å². The van der Waals surface area contributed by atoms with Crippen LogP contribution in [0.15, 0.2) is 47.2 Å². The highest BCUT2D eigenvalue weighted by Crippen LogP contribution is 2.42. The molecule has 0 spiro atoms. The second-order valence-corrected chi connectivity index (χ2v) is 7.89. The molecule has 1 aromatic heterocycles. The van der Waals surface area contributed by atoms with E-state index < -0.39 is 5.41 Å². The number of halogens is 1. The van der Waals surface area contributed by atoms with Crippen LogP contribution < -0.4 is 4.74 Å². The Hall–Kier alpha value is -1.90. The minimum absolute atomic E-state index is 0.389. The van der Waals surface area contributed by atoms with E-state index >= 15 is 0 Å². The lowest BCUT2D eigenvalue weighted by atomic mass is 9.81. The maximum atomic E-state index is 9.91. The summed E-state index contributed by atoms with van der Waals surface area (Å²) in [6.07, 6.45) is 6.34. The van der Waals surface area contributed by atoms with Crippen molar-refractivity contribution in [1.29, 1.82) is 5.26 Å². The fourth-order valence-electron chi connectivity index (χ4n) is 3.77. The summed E-state index contributed by atoms with van der Waals surface area (Å²) in [6, 6.07) is 13.3. The lowest BCUT2D eigenvalue weighted by Gasteiger charge is -2.27. The minimum atomic E-state index is -0.436. The quantitative estimate of drug-likeness (QED) is 0.688.